The smallest absolute Gasteiger partial charge is 0.422 e. The number of halogens is 3. The minimum absolute atomic E-state index is 0.0942. The summed E-state index contributed by atoms with van der Waals surface area (Å²) in [4.78, 5) is 22.9. The molecule has 2 bridgehead atoms. The number of hydrogen-bond acceptors (Lipinski definition) is 4. The average Bonchev–Trinajstić information content (AvgIpc) is 2.46. The van der Waals surface area contributed by atoms with Crippen molar-refractivity contribution in [1.82, 2.24) is 5.32 Å². The van der Waals surface area contributed by atoms with E-state index in [-0.39, 0.29) is 19.1 Å². The van der Waals surface area contributed by atoms with Crippen LogP contribution >= 0.6 is 0 Å². The van der Waals surface area contributed by atoms with Gasteiger partial charge in [0.05, 0.1) is 6.42 Å². The first-order valence-corrected chi connectivity index (χ1v) is 8.17. The van der Waals surface area contributed by atoms with Gasteiger partial charge in [-0.15, -0.1) is 0 Å². The van der Waals surface area contributed by atoms with Crippen LogP contribution in [0.4, 0.5) is 18.0 Å². The number of rotatable bonds is 5. The SMILES string of the molecule is CC1C(OC(=O)CCNC(=O)OCC(F)(F)F)CC2CC1C2(C)C. The third-order valence-corrected chi connectivity index (χ3v) is 5.53. The third kappa shape index (κ3) is 4.33. The molecule has 4 unspecified atom stereocenters. The van der Waals surface area contributed by atoms with Gasteiger partial charge in [0.1, 0.15) is 6.10 Å². The number of ether oxygens (including phenoxy) is 2. The van der Waals surface area contributed by atoms with Crippen LogP contribution in [0.5, 0.6) is 0 Å². The topological polar surface area (TPSA) is 64.6 Å². The molecule has 3 aliphatic rings. The Morgan fingerprint density at radius 2 is 1.92 bits per heavy atom. The maximum absolute atomic E-state index is 11.9. The Balaban J connectivity index is 1.65. The van der Waals surface area contributed by atoms with Gasteiger partial charge in [-0.3, -0.25) is 4.79 Å². The van der Waals surface area contributed by atoms with Gasteiger partial charge in [-0.1, -0.05) is 20.8 Å². The van der Waals surface area contributed by atoms with Crippen molar-refractivity contribution in [1.29, 1.82) is 0 Å². The van der Waals surface area contributed by atoms with Crippen molar-refractivity contribution in [2.24, 2.45) is 23.2 Å². The largest absolute Gasteiger partial charge is 0.462 e. The lowest BCUT2D eigenvalue weighted by Gasteiger charge is -2.61. The van der Waals surface area contributed by atoms with Gasteiger partial charge < -0.3 is 14.8 Å². The van der Waals surface area contributed by atoms with E-state index in [1.54, 1.807) is 0 Å². The number of nitrogens with one attached hydrogen (secondary N) is 1. The van der Waals surface area contributed by atoms with Gasteiger partial charge in [-0.05, 0) is 36.0 Å². The summed E-state index contributed by atoms with van der Waals surface area (Å²) in [5, 5.41) is 2.10. The monoisotopic (exact) mass is 351 g/mol. The molecule has 0 heterocycles. The van der Waals surface area contributed by atoms with Gasteiger partial charge in [-0.25, -0.2) is 4.79 Å². The van der Waals surface area contributed by atoms with E-state index in [1.807, 2.05) is 0 Å². The molecule has 0 aliphatic heterocycles. The molecule has 24 heavy (non-hydrogen) atoms. The number of esters is 1. The number of fused-ring (bicyclic) bond motifs is 2. The molecule has 0 aromatic rings. The molecule has 0 saturated heterocycles. The first-order valence-electron chi connectivity index (χ1n) is 8.17. The first-order chi connectivity index (χ1) is 11.0. The zero-order valence-corrected chi connectivity index (χ0v) is 14.1. The molecule has 1 N–H and O–H groups in total. The fraction of sp³-hybridized carbons (Fsp3) is 0.875. The summed E-state index contributed by atoms with van der Waals surface area (Å²) < 4.78 is 45.1. The maximum atomic E-state index is 11.9. The second-order valence-corrected chi connectivity index (χ2v) is 7.35. The Labute approximate surface area is 139 Å². The highest BCUT2D eigenvalue weighted by Gasteiger charge is 2.57. The molecule has 5 nitrogen and oxygen atoms in total. The highest BCUT2D eigenvalue weighted by molar-refractivity contribution is 5.72. The number of amides is 1. The van der Waals surface area contributed by atoms with Crippen molar-refractivity contribution in [3.8, 4) is 0 Å². The van der Waals surface area contributed by atoms with Crippen molar-refractivity contribution in [3.63, 3.8) is 0 Å². The summed E-state index contributed by atoms with van der Waals surface area (Å²) in [7, 11) is 0. The summed E-state index contributed by atoms with van der Waals surface area (Å²) in [5.74, 6) is 0.942. The molecule has 3 aliphatic carbocycles. The van der Waals surface area contributed by atoms with E-state index in [0.717, 1.165) is 6.42 Å². The van der Waals surface area contributed by atoms with E-state index in [9.17, 15) is 22.8 Å². The Hall–Kier alpha value is -1.47. The van der Waals surface area contributed by atoms with Gasteiger partial charge >= 0.3 is 18.2 Å². The predicted molar refractivity (Wildman–Crippen MR) is 79.1 cm³/mol. The number of alkyl halides is 3. The lowest BCUT2D eigenvalue weighted by atomic mass is 9.45. The van der Waals surface area contributed by atoms with Gasteiger partial charge in [0.15, 0.2) is 6.61 Å². The lowest BCUT2D eigenvalue weighted by molar-refractivity contribution is -0.186. The van der Waals surface area contributed by atoms with Crippen LogP contribution in [0.3, 0.4) is 0 Å². The number of alkyl carbamates (subject to hydrolysis) is 1. The Kier molecular flexibility index (Phi) is 5.34. The molecule has 0 spiro atoms. The van der Waals surface area contributed by atoms with Crippen LogP contribution in [0.1, 0.15) is 40.0 Å². The van der Waals surface area contributed by atoms with Crippen molar-refractivity contribution in [2.75, 3.05) is 13.2 Å². The van der Waals surface area contributed by atoms with Crippen molar-refractivity contribution >= 4 is 12.1 Å². The molecule has 3 fully saturated rings. The fourth-order valence-electron chi connectivity index (χ4n) is 3.95. The predicted octanol–water partition coefficient (Wildman–Crippen LogP) is 3.28. The van der Waals surface area contributed by atoms with Gasteiger partial charge in [0, 0.05) is 6.54 Å². The molecule has 0 aromatic carbocycles. The number of carbonyl (C=O) groups is 2. The van der Waals surface area contributed by atoms with Crippen LogP contribution in [0.2, 0.25) is 0 Å². The van der Waals surface area contributed by atoms with E-state index in [0.29, 0.717) is 23.2 Å². The molecule has 4 atom stereocenters. The van der Waals surface area contributed by atoms with E-state index in [4.69, 9.17) is 4.74 Å². The van der Waals surface area contributed by atoms with E-state index in [2.05, 4.69) is 30.8 Å². The van der Waals surface area contributed by atoms with Crippen LogP contribution in [0, 0.1) is 23.2 Å². The molecular formula is C16H24F3NO4. The van der Waals surface area contributed by atoms with Gasteiger partial charge in [0.25, 0.3) is 0 Å². The molecule has 138 valence electrons. The van der Waals surface area contributed by atoms with Gasteiger partial charge in [-0.2, -0.15) is 13.2 Å². The third-order valence-electron chi connectivity index (χ3n) is 5.53. The van der Waals surface area contributed by atoms with Crippen LogP contribution in [-0.2, 0) is 14.3 Å². The Morgan fingerprint density at radius 3 is 2.46 bits per heavy atom. The fourth-order valence-corrected chi connectivity index (χ4v) is 3.95. The Morgan fingerprint density at radius 1 is 1.25 bits per heavy atom. The van der Waals surface area contributed by atoms with Crippen LogP contribution < -0.4 is 5.32 Å². The zero-order valence-electron chi connectivity index (χ0n) is 14.1. The number of carbonyl (C=O) groups excluding carboxylic acids is 2. The summed E-state index contributed by atoms with van der Waals surface area (Å²) in [6.45, 7) is 4.82. The highest BCUT2D eigenvalue weighted by atomic mass is 19.4. The van der Waals surface area contributed by atoms with Crippen LogP contribution in [0.25, 0.3) is 0 Å². The van der Waals surface area contributed by atoms with Crippen molar-refractivity contribution < 1.29 is 32.2 Å². The average molecular weight is 351 g/mol. The van der Waals surface area contributed by atoms with Gasteiger partial charge in [0.2, 0.25) is 0 Å². The second kappa shape index (κ2) is 6.80. The van der Waals surface area contributed by atoms with E-state index in [1.165, 1.54) is 6.42 Å². The highest BCUT2D eigenvalue weighted by Crippen LogP contribution is 2.61. The summed E-state index contributed by atoms with van der Waals surface area (Å²) >= 11 is 0. The minimum Gasteiger partial charge on any atom is -0.462 e. The summed E-state index contributed by atoms with van der Waals surface area (Å²) in [6.07, 6.45) is -3.96. The second-order valence-electron chi connectivity index (χ2n) is 7.35. The lowest BCUT2D eigenvalue weighted by Crippen LogP contribution is -2.57. The molecule has 3 saturated carbocycles. The Bertz CT molecular complexity index is 492. The van der Waals surface area contributed by atoms with Crippen molar-refractivity contribution in [2.45, 2.75) is 52.3 Å². The molecular weight excluding hydrogens is 327 g/mol. The zero-order chi connectivity index (χ0) is 18.1. The molecule has 1 amide bonds. The molecule has 8 heteroatoms. The molecule has 0 aromatic heterocycles. The molecule has 3 rings (SSSR count). The van der Waals surface area contributed by atoms with E-state index >= 15 is 0 Å². The normalized spacial score (nSPS) is 30.9. The first kappa shape index (κ1) is 18.9. The summed E-state index contributed by atoms with van der Waals surface area (Å²) in [6, 6.07) is 0. The standard InChI is InChI=1S/C16H24F3NO4/c1-9-11-6-10(15(11,2)3)7-12(9)24-13(21)4-5-20-14(22)23-8-16(17,18)19/h9-12H,4-8H2,1-3H3,(H,20,22). The minimum atomic E-state index is -4.57. The molecule has 0 radical (unpaired) electrons. The number of hydrogen-bond donors (Lipinski definition) is 1. The van der Waals surface area contributed by atoms with Crippen LogP contribution in [0.15, 0.2) is 0 Å². The maximum Gasteiger partial charge on any atom is 0.422 e. The van der Waals surface area contributed by atoms with E-state index < -0.39 is 24.8 Å². The van der Waals surface area contributed by atoms with Crippen LogP contribution in [-0.4, -0.2) is 37.5 Å². The quantitative estimate of drug-likeness (QED) is 0.772. The van der Waals surface area contributed by atoms with Crippen molar-refractivity contribution in [3.05, 3.63) is 0 Å². The summed E-state index contributed by atoms with van der Waals surface area (Å²) in [5.41, 5.74) is 0.298.